The number of carbonyl (C=O) groups is 4. The second kappa shape index (κ2) is 16.7. The molecule has 7 rings (SSSR count). The molecule has 1 aliphatic heterocycles. The summed E-state index contributed by atoms with van der Waals surface area (Å²) in [4.78, 5) is 65.9. The number of nitrogens with one attached hydrogen (secondary N) is 3. The second-order valence-electron chi connectivity index (χ2n) is 19.5. The standard InChI is InChI=1S/C43H60F2N6O9S/c1-23-32(60-37-30(46-29-15-14-27(59-6)20-31(29)47-37)11-9-7-8-10-24-12-13-25-18-28(24)25)22-51(38(53)35(41(2,3)4)48-40(55)56)34(23)36(52)49-43(21-26(43)19-33(44)45)39(54)50-61(57,58)42(5)16-17-42/h14-15,20,23-26,28,32-35,48H,7-13,16-19,21-22H2,1-6H3,(H,49,52)(H,50,54)(H,55,56)/t23-,24+,25-,26-,28-,32+,34+,35-,43-/m1/s1. The van der Waals surface area contributed by atoms with Crippen LogP contribution in [-0.2, 0) is 30.8 Å². The van der Waals surface area contributed by atoms with Crippen LogP contribution in [0.1, 0.15) is 111 Å². The maximum atomic E-state index is 14.6. The highest BCUT2D eigenvalue weighted by atomic mass is 32.2. The number of alkyl halides is 2. The SMILES string of the molecule is COc1ccc2nc(CCCCC[C@H]3CC[C@@H]4C[C@H]34)c(O[C@H]3CN(C(=O)[C@@H](NC(=O)O)C(C)(C)C)[C@H](C(=O)N[C@]4(C(=O)NS(=O)(=O)C5(C)CC5)C[C@H]4CC(F)F)[C@@H]3C)nc2c1. The molecule has 1 aromatic heterocycles. The molecule has 0 spiro atoms. The number of amides is 4. The van der Waals surface area contributed by atoms with Gasteiger partial charge in [0.25, 0.3) is 5.91 Å². The van der Waals surface area contributed by atoms with Crippen molar-refractivity contribution in [3.8, 4) is 11.6 Å². The third kappa shape index (κ3) is 9.38. The average Bonchev–Trinajstić information content (AvgIpc) is 4.14. The number of nitrogens with zero attached hydrogens (tertiary/aromatic N) is 3. The van der Waals surface area contributed by atoms with E-state index in [0.717, 1.165) is 37.0 Å². The van der Waals surface area contributed by atoms with Gasteiger partial charge in [-0.15, -0.1) is 0 Å². The lowest BCUT2D eigenvalue weighted by molar-refractivity contribution is -0.143. The smallest absolute Gasteiger partial charge is 0.405 e. The Kier molecular flexibility index (Phi) is 12.3. The van der Waals surface area contributed by atoms with E-state index < -0.39 is 92.4 Å². The lowest BCUT2D eigenvalue weighted by Gasteiger charge is -2.35. The minimum absolute atomic E-state index is 0.201. The number of likely N-dealkylation sites (tertiary alicyclic amines) is 1. The van der Waals surface area contributed by atoms with Crippen molar-refractivity contribution in [3.05, 3.63) is 23.9 Å². The molecule has 1 saturated heterocycles. The number of halogens is 2. The van der Waals surface area contributed by atoms with Gasteiger partial charge in [-0.05, 0) is 99.5 Å². The van der Waals surface area contributed by atoms with Gasteiger partial charge >= 0.3 is 6.09 Å². The molecule has 2 aromatic rings. The molecule has 4 amide bonds. The maximum Gasteiger partial charge on any atom is 0.405 e. The molecule has 4 saturated carbocycles. The summed E-state index contributed by atoms with van der Waals surface area (Å²) in [5.41, 5.74) is -1.26. The van der Waals surface area contributed by atoms with Crippen LogP contribution in [0.4, 0.5) is 13.6 Å². The number of aryl methyl sites for hydroxylation is 1. The number of rotatable bonds is 18. The molecule has 0 radical (unpaired) electrons. The third-order valence-electron chi connectivity index (χ3n) is 14.0. The van der Waals surface area contributed by atoms with Gasteiger partial charge in [-0.1, -0.05) is 47.0 Å². The molecule has 4 N–H and O–H groups in total. The van der Waals surface area contributed by atoms with E-state index in [9.17, 15) is 41.5 Å². The number of hydrogen-bond acceptors (Lipinski definition) is 10. The molecular formula is C43H60F2N6O9S. The van der Waals surface area contributed by atoms with Crippen LogP contribution in [-0.4, -0.2) is 101 Å². The topological polar surface area (TPSA) is 206 Å². The Bertz CT molecular complexity index is 2150. The Labute approximate surface area is 355 Å². The largest absolute Gasteiger partial charge is 0.497 e. The molecule has 15 nitrogen and oxygen atoms in total. The minimum atomic E-state index is -4.20. The Morgan fingerprint density at radius 2 is 1.80 bits per heavy atom. The third-order valence-corrected chi connectivity index (χ3v) is 16.2. The molecule has 5 aliphatic rings. The first-order chi connectivity index (χ1) is 28.7. The van der Waals surface area contributed by atoms with Crippen LogP contribution >= 0.6 is 0 Å². The van der Waals surface area contributed by atoms with E-state index in [4.69, 9.17) is 19.4 Å². The number of aromatic nitrogens is 2. The summed E-state index contributed by atoms with van der Waals surface area (Å²) in [7, 11) is -2.66. The molecule has 61 heavy (non-hydrogen) atoms. The molecule has 2 heterocycles. The van der Waals surface area contributed by atoms with Crippen LogP contribution in [0.2, 0.25) is 0 Å². The van der Waals surface area contributed by atoms with Crippen LogP contribution in [0.3, 0.4) is 0 Å². The minimum Gasteiger partial charge on any atom is -0.497 e. The van der Waals surface area contributed by atoms with E-state index in [2.05, 4.69) is 10.6 Å². The van der Waals surface area contributed by atoms with Gasteiger partial charge in [0.2, 0.25) is 34.1 Å². The number of benzene rings is 1. The summed E-state index contributed by atoms with van der Waals surface area (Å²) >= 11 is 0. The van der Waals surface area contributed by atoms with Crippen molar-refractivity contribution in [2.75, 3.05) is 13.7 Å². The zero-order valence-electron chi connectivity index (χ0n) is 35.8. The normalized spacial score (nSPS) is 29.1. The van der Waals surface area contributed by atoms with Gasteiger partial charge in [0.05, 0.1) is 29.4 Å². The van der Waals surface area contributed by atoms with Crippen molar-refractivity contribution in [1.29, 1.82) is 0 Å². The summed E-state index contributed by atoms with van der Waals surface area (Å²) in [6, 6.07) is 2.59. The summed E-state index contributed by atoms with van der Waals surface area (Å²) in [6.45, 7) is 7.91. The van der Waals surface area contributed by atoms with Gasteiger partial charge in [0, 0.05) is 18.4 Å². The second-order valence-corrected chi connectivity index (χ2v) is 21.7. The zero-order valence-corrected chi connectivity index (χ0v) is 36.7. The van der Waals surface area contributed by atoms with E-state index >= 15 is 0 Å². The van der Waals surface area contributed by atoms with Gasteiger partial charge < -0.3 is 30.1 Å². The highest BCUT2D eigenvalue weighted by Crippen LogP contribution is 2.56. The average molecular weight is 875 g/mol. The van der Waals surface area contributed by atoms with Crippen molar-refractivity contribution in [2.24, 2.45) is 35.0 Å². The van der Waals surface area contributed by atoms with E-state index in [0.29, 0.717) is 41.7 Å². The quantitative estimate of drug-likeness (QED) is 0.136. The fourth-order valence-corrected chi connectivity index (χ4v) is 11.0. The van der Waals surface area contributed by atoms with Gasteiger partial charge in [0.1, 0.15) is 35.2 Å². The van der Waals surface area contributed by atoms with E-state index in [-0.39, 0.29) is 18.8 Å². The molecule has 1 aromatic carbocycles. The summed E-state index contributed by atoms with van der Waals surface area (Å²) in [5.74, 6) is -1.26. The predicted octanol–water partition coefficient (Wildman–Crippen LogP) is 5.59. The molecule has 0 unspecified atom stereocenters. The zero-order chi connectivity index (χ0) is 44.2. The van der Waals surface area contributed by atoms with E-state index in [1.165, 1.54) is 44.6 Å². The predicted molar refractivity (Wildman–Crippen MR) is 220 cm³/mol. The van der Waals surface area contributed by atoms with Crippen LogP contribution in [0.15, 0.2) is 18.2 Å². The number of sulfonamides is 1. The number of ether oxygens (including phenoxy) is 2. The van der Waals surface area contributed by atoms with Gasteiger partial charge in [-0.25, -0.2) is 32.0 Å². The number of unbranched alkanes of at least 4 members (excludes halogenated alkanes) is 2. The van der Waals surface area contributed by atoms with Crippen molar-refractivity contribution in [1.82, 2.24) is 30.2 Å². The van der Waals surface area contributed by atoms with Crippen LogP contribution in [0.5, 0.6) is 11.6 Å². The highest BCUT2D eigenvalue weighted by molar-refractivity contribution is 7.91. The van der Waals surface area contributed by atoms with Crippen molar-refractivity contribution >= 4 is 44.9 Å². The van der Waals surface area contributed by atoms with E-state index in [1.54, 1.807) is 39.8 Å². The fraction of sp³-hybridized carbons (Fsp3) is 0.721. The Balaban J connectivity index is 1.17. The first-order valence-electron chi connectivity index (χ1n) is 21.6. The first-order valence-corrected chi connectivity index (χ1v) is 23.1. The summed E-state index contributed by atoms with van der Waals surface area (Å²) < 4.78 is 66.7. The molecule has 4 aliphatic carbocycles. The summed E-state index contributed by atoms with van der Waals surface area (Å²) in [6.07, 6.45) is 3.12. The van der Waals surface area contributed by atoms with Crippen LogP contribution in [0.25, 0.3) is 11.0 Å². The van der Waals surface area contributed by atoms with Crippen LogP contribution in [0, 0.1) is 35.0 Å². The summed E-state index contributed by atoms with van der Waals surface area (Å²) in [5, 5.41) is 14.7. The molecular weight excluding hydrogens is 815 g/mol. The van der Waals surface area contributed by atoms with Gasteiger partial charge in [-0.2, -0.15) is 0 Å². The Morgan fingerprint density at radius 3 is 2.41 bits per heavy atom. The lowest BCUT2D eigenvalue weighted by atomic mass is 9.85. The van der Waals surface area contributed by atoms with Gasteiger partial charge in [-0.3, -0.25) is 19.1 Å². The first kappa shape index (κ1) is 44.7. The molecule has 18 heteroatoms. The number of carboxylic acid groups (broad SMARTS) is 1. The molecule has 336 valence electrons. The van der Waals surface area contributed by atoms with E-state index in [1.807, 2.05) is 10.8 Å². The number of fused-ring (bicyclic) bond motifs is 2. The van der Waals surface area contributed by atoms with Gasteiger partial charge in [0.15, 0.2) is 0 Å². The molecule has 9 atom stereocenters. The number of carbonyl (C=O) groups excluding carboxylic acids is 3. The maximum absolute atomic E-state index is 14.6. The molecule has 5 fully saturated rings. The van der Waals surface area contributed by atoms with Crippen molar-refractivity contribution in [3.63, 3.8) is 0 Å². The monoisotopic (exact) mass is 874 g/mol. The Morgan fingerprint density at radius 1 is 1.07 bits per heavy atom. The lowest BCUT2D eigenvalue weighted by Crippen LogP contribution is -2.61. The van der Waals surface area contributed by atoms with Crippen molar-refractivity contribution in [2.45, 2.75) is 147 Å². The Hall–Kier alpha value is -4.35. The highest BCUT2D eigenvalue weighted by Gasteiger charge is 2.65. The van der Waals surface area contributed by atoms with Crippen LogP contribution < -0.4 is 24.8 Å². The fourth-order valence-electron chi connectivity index (χ4n) is 9.68. The van der Waals surface area contributed by atoms with Crippen molar-refractivity contribution < 1.29 is 51.0 Å². The number of hydrogen-bond donors (Lipinski definition) is 4. The number of methoxy groups -OCH3 is 1. The molecule has 0 bridgehead atoms.